The molecule has 1 aliphatic carbocycles. The lowest BCUT2D eigenvalue weighted by molar-refractivity contribution is 0.199. The number of pyridine rings is 1. The van der Waals surface area contributed by atoms with Crippen molar-refractivity contribution in [3.05, 3.63) is 35.3 Å². The van der Waals surface area contributed by atoms with Crippen molar-refractivity contribution in [3.8, 4) is 5.88 Å². The lowest BCUT2D eigenvalue weighted by Gasteiger charge is -2.15. The van der Waals surface area contributed by atoms with Crippen molar-refractivity contribution in [3.63, 3.8) is 0 Å². The number of nitrogens with one attached hydrogen (secondary N) is 1. The molecule has 1 aliphatic rings. The summed E-state index contributed by atoms with van der Waals surface area (Å²) in [6, 6.07) is 3.58. The average molecular weight is 351 g/mol. The van der Waals surface area contributed by atoms with Crippen molar-refractivity contribution in [1.82, 2.24) is 14.9 Å². The van der Waals surface area contributed by atoms with E-state index in [1.807, 2.05) is 6.07 Å². The Morgan fingerprint density at radius 2 is 2.08 bits per heavy atom. The summed E-state index contributed by atoms with van der Waals surface area (Å²) in [6.45, 7) is 3.28. The lowest BCUT2D eigenvalue weighted by Crippen LogP contribution is -2.25. The summed E-state index contributed by atoms with van der Waals surface area (Å²) in [7, 11) is -3.71. The van der Waals surface area contributed by atoms with Gasteiger partial charge in [0.05, 0.1) is 0 Å². The second-order valence-corrected chi connectivity index (χ2v) is 7.67. The number of sulfonamides is 1. The van der Waals surface area contributed by atoms with Gasteiger partial charge in [-0.05, 0) is 45.6 Å². The van der Waals surface area contributed by atoms with E-state index in [9.17, 15) is 8.42 Å². The van der Waals surface area contributed by atoms with Gasteiger partial charge in [0.25, 0.3) is 0 Å². The molecule has 0 amide bonds. The number of rotatable bonds is 6. The van der Waals surface area contributed by atoms with Crippen LogP contribution in [0.3, 0.4) is 0 Å². The van der Waals surface area contributed by atoms with Gasteiger partial charge in [0, 0.05) is 18.3 Å². The molecule has 0 bridgehead atoms. The summed E-state index contributed by atoms with van der Waals surface area (Å²) < 4.78 is 38.4. The third-order valence-electron chi connectivity index (χ3n) is 4.12. The third-order valence-corrected chi connectivity index (χ3v) is 5.76. The molecule has 8 heteroatoms. The molecule has 24 heavy (non-hydrogen) atoms. The summed E-state index contributed by atoms with van der Waals surface area (Å²) in [5.74, 6) is 0.763. The van der Waals surface area contributed by atoms with E-state index in [-0.39, 0.29) is 23.3 Å². The summed E-state index contributed by atoms with van der Waals surface area (Å²) in [5.41, 5.74) is 1.05. The second-order valence-electron chi connectivity index (χ2n) is 5.97. The number of hydrogen-bond acceptors (Lipinski definition) is 6. The molecule has 2 aromatic heterocycles. The molecule has 130 valence electrons. The maximum absolute atomic E-state index is 12.5. The molecule has 0 saturated heterocycles. The maximum Gasteiger partial charge on any atom is 0.246 e. The zero-order valence-corrected chi connectivity index (χ0v) is 14.6. The molecule has 0 radical (unpaired) electrons. The van der Waals surface area contributed by atoms with Crippen LogP contribution in [0.15, 0.2) is 27.7 Å². The van der Waals surface area contributed by atoms with Crippen molar-refractivity contribution in [2.45, 2.75) is 57.1 Å². The van der Waals surface area contributed by atoms with Gasteiger partial charge in [0.15, 0.2) is 5.76 Å². The predicted octanol–water partition coefficient (Wildman–Crippen LogP) is 2.49. The Balaban J connectivity index is 1.74. The molecule has 0 aliphatic heterocycles. The molecule has 7 nitrogen and oxygen atoms in total. The number of hydrogen-bond donors (Lipinski definition) is 1. The van der Waals surface area contributed by atoms with E-state index >= 15 is 0 Å². The van der Waals surface area contributed by atoms with E-state index < -0.39 is 10.0 Å². The van der Waals surface area contributed by atoms with Gasteiger partial charge in [0.1, 0.15) is 16.7 Å². The van der Waals surface area contributed by atoms with E-state index in [2.05, 4.69) is 14.9 Å². The van der Waals surface area contributed by atoms with Gasteiger partial charge in [-0.2, -0.15) is 0 Å². The maximum atomic E-state index is 12.5. The first-order valence-electron chi connectivity index (χ1n) is 8.00. The van der Waals surface area contributed by atoms with Crippen LogP contribution in [0.1, 0.15) is 42.7 Å². The lowest BCUT2D eigenvalue weighted by atomic mass is 10.2. The molecule has 0 aromatic carbocycles. The Labute approximate surface area is 141 Å². The van der Waals surface area contributed by atoms with Crippen LogP contribution in [0.25, 0.3) is 0 Å². The number of aromatic nitrogens is 2. The Morgan fingerprint density at radius 3 is 2.75 bits per heavy atom. The van der Waals surface area contributed by atoms with E-state index in [1.165, 1.54) is 0 Å². The standard InChI is InChI=1S/C16H21N3O4S/c1-11-15(12(2)23-19-11)24(20,21)18-10-13-6-5-9-17-16(13)22-14-7-3-4-8-14/h5-6,9,14,18H,3-4,7-8,10H2,1-2H3. The van der Waals surface area contributed by atoms with Crippen molar-refractivity contribution < 1.29 is 17.7 Å². The number of ether oxygens (including phenoxy) is 1. The van der Waals surface area contributed by atoms with Crippen molar-refractivity contribution in [1.29, 1.82) is 0 Å². The molecule has 1 N–H and O–H groups in total. The molecular formula is C16H21N3O4S. The van der Waals surface area contributed by atoms with Gasteiger partial charge in [-0.1, -0.05) is 11.2 Å². The number of nitrogens with zero attached hydrogens (tertiary/aromatic N) is 2. The van der Waals surface area contributed by atoms with E-state index in [4.69, 9.17) is 9.26 Å². The van der Waals surface area contributed by atoms with Gasteiger partial charge in [-0.15, -0.1) is 0 Å². The minimum atomic E-state index is -3.71. The first-order chi connectivity index (χ1) is 11.5. The largest absolute Gasteiger partial charge is 0.474 e. The fourth-order valence-corrected chi connectivity index (χ4v) is 4.26. The highest BCUT2D eigenvalue weighted by Gasteiger charge is 2.25. The van der Waals surface area contributed by atoms with Crippen LogP contribution < -0.4 is 9.46 Å². The quantitative estimate of drug-likeness (QED) is 0.859. The molecule has 1 fully saturated rings. The molecular weight excluding hydrogens is 330 g/mol. The molecule has 0 atom stereocenters. The summed E-state index contributed by atoms with van der Waals surface area (Å²) in [4.78, 5) is 4.34. The van der Waals surface area contributed by atoms with Gasteiger partial charge in [-0.25, -0.2) is 18.1 Å². The fourth-order valence-electron chi connectivity index (χ4n) is 2.93. The molecule has 1 saturated carbocycles. The van der Waals surface area contributed by atoms with Gasteiger partial charge in [-0.3, -0.25) is 0 Å². The average Bonchev–Trinajstić information content (AvgIpc) is 3.16. The van der Waals surface area contributed by atoms with Gasteiger partial charge < -0.3 is 9.26 Å². The first-order valence-corrected chi connectivity index (χ1v) is 9.49. The van der Waals surface area contributed by atoms with Crippen LogP contribution in [0.4, 0.5) is 0 Å². The Morgan fingerprint density at radius 1 is 1.33 bits per heavy atom. The number of aryl methyl sites for hydroxylation is 2. The van der Waals surface area contributed by atoms with Crippen LogP contribution in [0.2, 0.25) is 0 Å². The smallest absolute Gasteiger partial charge is 0.246 e. The summed E-state index contributed by atoms with van der Waals surface area (Å²) >= 11 is 0. The second kappa shape index (κ2) is 6.90. The van der Waals surface area contributed by atoms with Crippen molar-refractivity contribution >= 4 is 10.0 Å². The van der Waals surface area contributed by atoms with E-state index in [0.717, 1.165) is 25.7 Å². The monoisotopic (exact) mass is 351 g/mol. The van der Waals surface area contributed by atoms with Crippen LogP contribution in [0, 0.1) is 13.8 Å². The fraction of sp³-hybridized carbons (Fsp3) is 0.500. The molecule has 0 spiro atoms. The van der Waals surface area contributed by atoms with Gasteiger partial charge >= 0.3 is 0 Å². The highest BCUT2D eigenvalue weighted by Crippen LogP contribution is 2.25. The Hall–Kier alpha value is -1.93. The van der Waals surface area contributed by atoms with E-state index in [0.29, 0.717) is 17.1 Å². The minimum absolute atomic E-state index is 0.0876. The zero-order chi connectivity index (χ0) is 17.2. The normalized spacial score (nSPS) is 15.8. The van der Waals surface area contributed by atoms with Crippen molar-refractivity contribution in [2.75, 3.05) is 0 Å². The Bertz CT molecular complexity index is 791. The molecule has 2 heterocycles. The SMILES string of the molecule is Cc1noc(C)c1S(=O)(=O)NCc1cccnc1OC1CCCC1. The van der Waals surface area contributed by atoms with Crippen molar-refractivity contribution in [2.24, 2.45) is 0 Å². The topological polar surface area (TPSA) is 94.3 Å². The Kier molecular flexibility index (Phi) is 4.86. The predicted molar refractivity (Wildman–Crippen MR) is 87.1 cm³/mol. The summed E-state index contributed by atoms with van der Waals surface area (Å²) in [5, 5.41) is 3.69. The molecule has 3 rings (SSSR count). The molecule has 0 unspecified atom stereocenters. The van der Waals surface area contributed by atoms with E-state index in [1.54, 1.807) is 26.1 Å². The summed E-state index contributed by atoms with van der Waals surface area (Å²) in [6.07, 6.45) is 6.16. The van der Waals surface area contributed by atoms with Gasteiger partial charge in [0.2, 0.25) is 15.9 Å². The highest BCUT2D eigenvalue weighted by molar-refractivity contribution is 7.89. The molecule has 2 aromatic rings. The highest BCUT2D eigenvalue weighted by atomic mass is 32.2. The zero-order valence-electron chi connectivity index (χ0n) is 13.8. The first kappa shape index (κ1) is 16.9. The van der Waals surface area contributed by atoms with Crippen LogP contribution in [0.5, 0.6) is 5.88 Å². The minimum Gasteiger partial charge on any atom is -0.474 e. The van der Waals surface area contributed by atoms with Crippen LogP contribution in [-0.2, 0) is 16.6 Å². The third kappa shape index (κ3) is 3.59. The van der Waals surface area contributed by atoms with Crippen LogP contribution >= 0.6 is 0 Å². The van der Waals surface area contributed by atoms with Crippen LogP contribution in [-0.4, -0.2) is 24.7 Å².